The van der Waals surface area contributed by atoms with Gasteiger partial charge in [0.25, 0.3) is 0 Å². The molecule has 0 aliphatic rings. The second-order valence-corrected chi connectivity index (χ2v) is 12.7. The topological polar surface area (TPSA) is 30.2 Å². The van der Waals surface area contributed by atoms with Gasteiger partial charge in [-0.15, -0.1) is 0 Å². The Balaban J connectivity index is 1.39. The van der Waals surface area contributed by atoms with Crippen molar-refractivity contribution in [1.82, 2.24) is 14.4 Å². The third kappa shape index (κ3) is 3.90. The van der Waals surface area contributed by atoms with Crippen LogP contribution in [0.2, 0.25) is 0 Å². The zero-order chi connectivity index (χ0) is 32.6. The maximum Gasteiger partial charge on any atom is 0.146 e. The summed E-state index contributed by atoms with van der Waals surface area (Å²) in [6.07, 6.45) is 5.81. The standard InChI is InChI=1S/C46H29N3/c1-3-12-31-28(2)13-10-19-32(31)43-35-17-6-4-15-33(35)42(34-16-5-7-18-36(34)43)30-23-25-40-38(27-30)44-37(24-22-29-14-11-26-47-45(29)44)46-48-39-20-8-9-21-41(39)49(40)46/h3-27H,1-2H2/b31-12+. The van der Waals surface area contributed by atoms with Gasteiger partial charge in [-0.1, -0.05) is 122 Å². The van der Waals surface area contributed by atoms with Crippen molar-refractivity contribution in [2.24, 2.45) is 0 Å². The number of imidazole rings is 1. The Morgan fingerprint density at radius 3 is 2.10 bits per heavy atom. The van der Waals surface area contributed by atoms with Crippen LogP contribution in [-0.4, -0.2) is 14.4 Å². The number of allylic oxidation sites excluding steroid dienone is 1. The molecule has 10 aromatic rings. The van der Waals surface area contributed by atoms with Crippen LogP contribution < -0.4 is 10.4 Å². The van der Waals surface area contributed by atoms with Gasteiger partial charge < -0.3 is 0 Å². The van der Waals surface area contributed by atoms with E-state index in [1.54, 1.807) is 0 Å². The van der Waals surface area contributed by atoms with Gasteiger partial charge in [-0.2, -0.15) is 0 Å². The molecule has 0 atom stereocenters. The first kappa shape index (κ1) is 27.5. The van der Waals surface area contributed by atoms with Gasteiger partial charge in [0, 0.05) is 27.7 Å². The molecule has 0 aliphatic carbocycles. The number of rotatable bonds is 3. The van der Waals surface area contributed by atoms with Gasteiger partial charge in [-0.05, 0) is 90.6 Å². The number of nitrogens with zero attached hydrogens (tertiary/aromatic N) is 3. The molecular formula is C46H29N3. The lowest BCUT2D eigenvalue weighted by Gasteiger charge is -2.19. The average Bonchev–Trinajstić information content (AvgIpc) is 3.54. The van der Waals surface area contributed by atoms with Gasteiger partial charge in [0.2, 0.25) is 0 Å². The maximum absolute atomic E-state index is 5.15. The molecule has 0 saturated carbocycles. The predicted octanol–water partition coefficient (Wildman–Crippen LogP) is 10.4. The zero-order valence-corrected chi connectivity index (χ0v) is 26.7. The second kappa shape index (κ2) is 10.5. The molecule has 7 aromatic carbocycles. The molecule has 0 radical (unpaired) electrons. The number of hydrogen-bond donors (Lipinski definition) is 0. The molecule has 0 bridgehead atoms. The van der Waals surface area contributed by atoms with Crippen LogP contribution in [0.15, 0.2) is 152 Å². The van der Waals surface area contributed by atoms with E-state index in [0.717, 1.165) is 70.8 Å². The minimum atomic E-state index is 0.948. The van der Waals surface area contributed by atoms with Crippen LogP contribution in [0.4, 0.5) is 0 Å². The normalized spacial score (nSPS) is 12.4. The van der Waals surface area contributed by atoms with Crippen molar-refractivity contribution in [3.8, 4) is 22.3 Å². The molecule has 0 spiro atoms. The lowest BCUT2D eigenvalue weighted by atomic mass is 9.85. The third-order valence-corrected chi connectivity index (χ3v) is 10.1. The number of benzene rings is 7. The van der Waals surface area contributed by atoms with Gasteiger partial charge >= 0.3 is 0 Å². The van der Waals surface area contributed by atoms with Crippen LogP contribution in [0.1, 0.15) is 0 Å². The van der Waals surface area contributed by atoms with Crippen LogP contribution >= 0.6 is 0 Å². The summed E-state index contributed by atoms with van der Waals surface area (Å²) in [4.78, 5) is 10.1. The fourth-order valence-electron chi connectivity index (χ4n) is 8.02. The molecule has 0 saturated heterocycles. The van der Waals surface area contributed by atoms with Crippen LogP contribution in [0, 0.1) is 0 Å². The summed E-state index contributed by atoms with van der Waals surface area (Å²) in [7, 11) is 0. The molecule has 0 unspecified atom stereocenters. The van der Waals surface area contributed by atoms with Crippen molar-refractivity contribution in [2.45, 2.75) is 0 Å². The molecule has 3 aromatic heterocycles. The van der Waals surface area contributed by atoms with Crippen LogP contribution in [-0.2, 0) is 0 Å². The summed E-state index contributed by atoms with van der Waals surface area (Å²) in [5.74, 6) is 0. The van der Waals surface area contributed by atoms with E-state index < -0.39 is 0 Å². The summed E-state index contributed by atoms with van der Waals surface area (Å²) in [6.45, 7) is 8.39. The molecule has 0 N–H and O–H groups in total. The Morgan fingerprint density at radius 1 is 0.592 bits per heavy atom. The first-order valence-corrected chi connectivity index (χ1v) is 16.6. The van der Waals surface area contributed by atoms with Crippen molar-refractivity contribution < 1.29 is 0 Å². The number of para-hydroxylation sites is 2. The minimum absolute atomic E-state index is 0.948. The second-order valence-electron chi connectivity index (χ2n) is 12.7. The highest BCUT2D eigenvalue weighted by Crippen LogP contribution is 2.44. The lowest BCUT2D eigenvalue weighted by molar-refractivity contribution is 1.31. The fourth-order valence-corrected chi connectivity index (χ4v) is 8.02. The van der Waals surface area contributed by atoms with Gasteiger partial charge in [0.1, 0.15) is 5.65 Å². The van der Waals surface area contributed by atoms with E-state index in [-0.39, 0.29) is 0 Å². The summed E-state index contributed by atoms with van der Waals surface area (Å²) in [5, 5.41) is 11.4. The molecule has 3 nitrogen and oxygen atoms in total. The summed E-state index contributed by atoms with van der Waals surface area (Å²) in [6, 6.07) is 47.8. The minimum Gasteiger partial charge on any atom is -0.292 e. The van der Waals surface area contributed by atoms with Crippen molar-refractivity contribution >= 4 is 83.5 Å². The largest absolute Gasteiger partial charge is 0.292 e. The Hall–Kier alpha value is -6.58. The summed E-state index contributed by atoms with van der Waals surface area (Å²) >= 11 is 0. The molecule has 3 heterocycles. The van der Waals surface area contributed by atoms with Crippen LogP contribution in [0.25, 0.3) is 106 Å². The number of pyridine rings is 2. The third-order valence-electron chi connectivity index (χ3n) is 10.1. The summed E-state index contributed by atoms with van der Waals surface area (Å²) < 4.78 is 2.31. The van der Waals surface area contributed by atoms with Gasteiger partial charge in [-0.25, -0.2) is 4.98 Å². The first-order chi connectivity index (χ1) is 24.2. The zero-order valence-electron chi connectivity index (χ0n) is 26.7. The van der Waals surface area contributed by atoms with E-state index in [1.807, 2.05) is 18.3 Å². The first-order valence-electron chi connectivity index (χ1n) is 16.6. The maximum atomic E-state index is 5.15. The Kier molecular flexibility index (Phi) is 5.88. The fraction of sp³-hybridized carbons (Fsp3) is 0. The van der Waals surface area contributed by atoms with Crippen LogP contribution in [0.3, 0.4) is 0 Å². The monoisotopic (exact) mass is 623 g/mol. The van der Waals surface area contributed by atoms with E-state index in [0.29, 0.717) is 0 Å². The van der Waals surface area contributed by atoms with E-state index in [4.69, 9.17) is 9.97 Å². The van der Waals surface area contributed by atoms with E-state index in [2.05, 4.69) is 151 Å². The average molecular weight is 624 g/mol. The smallest absolute Gasteiger partial charge is 0.146 e. The predicted molar refractivity (Wildman–Crippen MR) is 208 cm³/mol. The quantitative estimate of drug-likeness (QED) is 0.145. The molecule has 3 heteroatoms. The SMILES string of the molecule is C=C/C=c1/c(-c2c3ccccc3c(-c3ccc4c(c3)c3c(ccc5cccnc53)c3nc5ccccc5n43)c3ccccc23)cccc1=C. The lowest BCUT2D eigenvalue weighted by Crippen LogP contribution is -2.24. The molecule has 10 rings (SSSR count). The molecular weight excluding hydrogens is 595 g/mol. The van der Waals surface area contributed by atoms with Gasteiger partial charge in [-0.3, -0.25) is 9.38 Å². The number of hydrogen-bond acceptors (Lipinski definition) is 2. The number of aromatic nitrogens is 3. The molecule has 0 amide bonds. The Bertz CT molecular complexity index is 3090. The summed E-state index contributed by atoms with van der Waals surface area (Å²) in [5.41, 5.74) is 9.86. The molecule has 228 valence electrons. The highest BCUT2D eigenvalue weighted by molar-refractivity contribution is 6.25. The van der Waals surface area contributed by atoms with E-state index in [1.165, 1.54) is 32.7 Å². The molecule has 0 fully saturated rings. The van der Waals surface area contributed by atoms with Crippen molar-refractivity contribution in [1.29, 1.82) is 0 Å². The van der Waals surface area contributed by atoms with Crippen molar-refractivity contribution in [2.75, 3.05) is 0 Å². The van der Waals surface area contributed by atoms with Gasteiger partial charge in [0.05, 0.1) is 22.1 Å². The van der Waals surface area contributed by atoms with Gasteiger partial charge in [0.15, 0.2) is 0 Å². The Morgan fingerprint density at radius 2 is 1.33 bits per heavy atom. The van der Waals surface area contributed by atoms with Crippen molar-refractivity contribution in [3.63, 3.8) is 0 Å². The van der Waals surface area contributed by atoms with E-state index in [9.17, 15) is 0 Å². The Labute approximate surface area is 282 Å². The van der Waals surface area contributed by atoms with E-state index >= 15 is 0 Å². The highest BCUT2D eigenvalue weighted by Gasteiger charge is 2.20. The molecule has 0 aliphatic heterocycles. The van der Waals surface area contributed by atoms with Crippen LogP contribution in [0.5, 0.6) is 0 Å². The number of fused-ring (bicyclic) bond motifs is 12. The highest BCUT2D eigenvalue weighted by atomic mass is 15.0. The van der Waals surface area contributed by atoms with Crippen molar-refractivity contribution in [3.05, 3.63) is 163 Å². The molecule has 49 heavy (non-hydrogen) atoms.